The van der Waals surface area contributed by atoms with Crippen LogP contribution in [0.3, 0.4) is 0 Å². The summed E-state index contributed by atoms with van der Waals surface area (Å²) in [4.78, 5) is 0. The number of benzene rings is 2. The third-order valence-electron chi connectivity index (χ3n) is 5.35. The highest BCUT2D eigenvalue weighted by Gasteiger charge is 2.21. The first kappa shape index (κ1) is 20.5. The van der Waals surface area contributed by atoms with Crippen LogP contribution in [0.1, 0.15) is 48.9 Å². The quantitative estimate of drug-likeness (QED) is 0.365. The molecule has 0 nitrogen and oxygen atoms in total. The van der Waals surface area contributed by atoms with Gasteiger partial charge in [0.25, 0.3) is 0 Å². The molecule has 1 radical (unpaired) electrons. The maximum Gasteiger partial charge on any atom is 0.155 e. The van der Waals surface area contributed by atoms with Crippen molar-refractivity contribution in [3.63, 3.8) is 0 Å². The molecule has 2 heteroatoms. The Bertz CT molecular complexity index is 690. The molecule has 0 aliphatic rings. The van der Waals surface area contributed by atoms with Crippen molar-refractivity contribution in [3.8, 4) is 0 Å². The first-order chi connectivity index (χ1) is 12.6. The lowest BCUT2D eigenvalue weighted by atomic mass is 9.52. The lowest BCUT2D eigenvalue weighted by Gasteiger charge is -2.26. The molecule has 0 fully saturated rings. The normalized spacial score (nSPS) is 13.2. The van der Waals surface area contributed by atoms with Gasteiger partial charge in [-0.2, -0.15) is 0 Å². The Kier molecular flexibility index (Phi) is 8.16. The van der Waals surface area contributed by atoms with E-state index < -0.39 is 0 Å². The van der Waals surface area contributed by atoms with E-state index in [1.807, 2.05) is 6.08 Å². The zero-order valence-corrected chi connectivity index (χ0v) is 16.5. The predicted molar refractivity (Wildman–Crippen MR) is 113 cm³/mol. The van der Waals surface area contributed by atoms with Gasteiger partial charge in [-0.1, -0.05) is 85.7 Å². The maximum atomic E-state index is 13.4. The van der Waals surface area contributed by atoms with Gasteiger partial charge >= 0.3 is 0 Å². The number of alkyl halides is 1. The number of allylic oxidation sites excluding steroid dienone is 1. The Morgan fingerprint density at radius 1 is 1.08 bits per heavy atom. The Balaban J connectivity index is 2.16. The monoisotopic (exact) mass is 349 g/mol. The zero-order valence-electron chi connectivity index (χ0n) is 16.5. The summed E-state index contributed by atoms with van der Waals surface area (Å²) in [7, 11) is 2.38. The number of rotatable bonds is 10. The molecule has 2 aromatic rings. The fourth-order valence-corrected chi connectivity index (χ4v) is 3.69. The first-order valence-corrected chi connectivity index (χ1v) is 9.80. The lowest BCUT2D eigenvalue weighted by molar-refractivity contribution is 0.466. The highest BCUT2D eigenvalue weighted by atomic mass is 19.1. The van der Waals surface area contributed by atoms with E-state index in [0.717, 1.165) is 36.8 Å². The Labute approximate surface area is 159 Å². The van der Waals surface area contributed by atoms with Crippen molar-refractivity contribution in [3.05, 3.63) is 77.4 Å². The highest BCUT2D eigenvalue weighted by Crippen LogP contribution is 2.29. The van der Waals surface area contributed by atoms with E-state index in [0.29, 0.717) is 11.7 Å². The summed E-state index contributed by atoms with van der Waals surface area (Å²) >= 11 is 0. The van der Waals surface area contributed by atoms with Gasteiger partial charge in [0, 0.05) is 0 Å². The van der Waals surface area contributed by atoms with Crippen LogP contribution in [-0.4, -0.2) is 7.28 Å². The molecule has 0 saturated carbocycles. The average Bonchev–Trinajstić information content (AvgIpc) is 2.67. The van der Waals surface area contributed by atoms with E-state index >= 15 is 0 Å². The van der Waals surface area contributed by atoms with Crippen molar-refractivity contribution in [2.75, 3.05) is 0 Å². The molecule has 0 amide bonds. The van der Waals surface area contributed by atoms with Crippen LogP contribution >= 0.6 is 0 Å². The van der Waals surface area contributed by atoms with Gasteiger partial charge in [-0.05, 0) is 48.8 Å². The predicted octanol–water partition coefficient (Wildman–Crippen LogP) is 5.99. The number of halogens is 1. The van der Waals surface area contributed by atoms with Crippen LogP contribution < -0.4 is 5.46 Å². The first-order valence-electron chi connectivity index (χ1n) is 9.80. The van der Waals surface area contributed by atoms with E-state index in [2.05, 4.69) is 77.1 Å². The molecule has 137 valence electrons. The van der Waals surface area contributed by atoms with Crippen molar-refractivity contribution >= 4 is 12.7 Å². The average molecular weight is 349 g/mol. The van der Waals surface area contributed by atoms with Crippen LogP contribution in [0, 0.1) is 12.8 Å². The number of aryl methyl sites for hydroxylation is 2. The van der Waals surface area contributed by atoms with Crippen LogP contribution in [0.25, 0.3) is 0 Å². The molecule has 2 rings (SSSR count). The summed E-state index contributed by atoms with van der Waals surface area (Å²) in [6.07, 6.45) is 5.95. The van der Waals surface area contributed by atoms with E-state index in [1.165, 1.54) is 16.6 Å². The van der Waals surface area contributed by atoms with Gasteiger partial charge in [0.15, 0.2) is 7.28 Å². The van der Waals surface area contributed by atoms with Crippen molar-refractivity contribution in [2.24, 2.45) is 5.92 Å². The Hall–Kier alpha value is -1.83. The van der Waals surface area contributed by atoms with Gasteiger partial charge in [-0.15, -0.1) is 6.58 Å². The molecule has 2 unspecified atom stereocenters. The van der Waals surface area contributed by atoms with Crippen molar-refractivity contribution in [2.45, 2.75) is 58.9 Å². The van der Waals surface area contributed by atoms with Crippen molar-refractivity contribution in [1.29, 1.82) is 0 Å². The minimum absolute atomic E-state index is 0.376. The van der Waals surface area contributed by atoms with Crippen LogP contribution in [0.2, 0.25) is 5.82 Å². The number of hydrogen-bond acceptors (Lipinski definition) is 0. The Morgan fingerprint density at radius 3 is 2.38 bits per heavy atom. The minimum atomic E-state index is -0.376. The van der Waals surface area contributed by atoms with Gasteiger partial charge in [-0.3, -0.25) is 0 Å². The summed E-state index contributed by atoms with van der Waals surface area (Å²) < 4.78 is 13.4. The van der Waals surface area contributed by atoms with Crippen molar-refractivity contribution < 1.29 is 4.39 Å². The molecular weight excluding hydrogens is 318 g/mol. The molecule has 0 heterocycles. The molecule has 0 spiro atoms. The molecule has 26 heavy (non-hydrogen) atoms. The van der Waals surface area contributed by atoms with Crippen LogP contribution in [0.15, 0.2) is 55.1 Å². The van der Waals surface area contributed by atoms with Crippen LogP contribution in [0.5, 0.6) is 0 Å². The Morgan fingerprint density at radius 2 is 1.81 bits per heavy atom. The van der Waals surface area contributed by atoms with Gasteiger partial charge in [0.2, 0.25) is 0 Å². The van der Waals surface area contributed by atoms with Crippen LogP contribution in [-0.2, 0) is 19.5 Å². The van der Waals surface area contributed by atoms with Gasteiger partial charge in [-0.25, -0.2) is 4.39 Å². The third kappa shape index (κ3) is 5.59. The third-order valence-corrected chi connectivity index (χ3v) is 5.35. The largest absolute Gasteiger partial charge is 0.246 e. The van der Waals surface area contributed by atoms with Crippen LogP contribution in [0.4, 0.5) is 4.39 Å². The molecule has 0 bridgehead atoms. The topological polar surface area (TPSA) is 0 Å². The van der Waals surface area contributed by atoms with E-state index in [-0.39, 0.29) is 6.67 Å². The molecule has 0 N–H and O–H groups in total. The van der Waals surface area contributed by atoms with E-state index in [9.17, 15) is 4.39 Å². The molecule has 0 saturated heterocycles. The SMILES string of the molecule is C=CCC([B]c1ccc(C)cc1)C(CC)Cc1ccc(CC)c(CF)c1. The summed E-state index contributed by atoms with van der Waals surface area (Å²) in [5.41, 5.74) is 5.77. The second kappa shape index (κ2) is 10.4. The lowest BCUT2D eigenvalue weighted by Crippen LogP contribution is -2.26. The molecule has 0 aliphatic carbocycles. The molecule has 2 atom stereocenters. The van der Waals surface area contributed by atoms with E-state index in [1.54, 1.807) is 0 Å². The van der Waals surface area contributed by atoms with Gasteiger partial charge in [0.05, 0.1) is 0 Å². The number of hydrogen-bond donors (Lipinski definition) is 0. The highest BCUT2D eigenvalue weighted by molar-refractivity contribution is 6.55. The standard InChI is InChI=1S/C24H31BF/c1-5-8-24(25-23-13-9-18(4)10-14-23)21(7-3)15-19-11-12-20(6-2)22(16-19)17-26/h5,9-14,16,21,24H,1,6-8,15,17H2,2-4H3. The molecule has 2 aromatic carbocycles. The maximum absolute atomic E-state index is 13.4. The van der Waals surface area contributed by atoms with E-state index in [4.69, 9.17) is 0 Å². The smallest absolute Gasteiger partial charge is 0.155 e. The molecule has 0 aliphatic heterocycles. The van der Waals surface area contributed by atoms with Crippen molar-refractivity contribution in [1.82, 2.24) is 0 Å². The van der Waals surface area contributed by atoms with Gasteiger partial charge < -0.3 is 0 Å². The fraction of sp³-hybridized carbons (Fsp3) is 0.417. The summed E-state index contributed by atoms with van der Waals surface area (Å²) in [6.45, 7) is 10.0. The minimum Gasteiger partial charge on any atom is -0.246 e. The fourth-order valence-electron chi connectivity index (χ4n) is 3.69. The summed E-state index contributed by atoms with van der Waals surface area (Å²) in [6, 6.07) is 15.0. The zero-order chi connectivity index (χ0) is 18.9. The summed E-state index contributed by atoms with van der Waals surface area (Å²) in [5, 5.41) is 0. The second-order valence-electron chi connectivity index (χ2n) is 7.23. The van der Waals surface area contributed by atoms with Gasteiger partial charge in [0.1, 0.15) is 6.67 Å². The summed E-state index contributed by atoms with van der Waals surface area (Å²) in [5.74, 6) is 0.967. The molecule has 0 aromatic heterocycles. The molecular formula is C24H31BF. The second-order valence-corrected chi connectivity index (χ2v) is 7.23.